The first-order valence-electron chi connectivity index (χ1n) is 8.84. The molecule has 10 heteroatoms. The van der Waals surface area contributed by atoms with Crippen LogP contribution in [0, 0.1) is 13.8 Å². The summed E-state index contributed by atoms with van der Waals surface area (Å²) in [7, 11) is 1.69. The topological polar surface area (TPSA) is 118 Å². The van der Waals surface area contributed by atoms with Gasteiger partial charge in [0.1, 0.15) is 16.2 Å². The Kier molecular flexibility index (Phi) is 5.83. The standard InChI is InChI=1S/C19H21N5O4S/c1-5-28-18(27)12-9-24(4)23-16(12)22-19-20-8-14(29-19)17(26)21-15-10(2)6-7-13(25)11(15)3/h6-9,25H,5H2,1-4H3,(H,21,26)(H,20,22,23). The zero-order chi connectivity index (χ0) is 21.1. The van der Waals surface area contributed by atoms with Crippen LogP contribution in [0.2, 0.25) is 0 Å². The number of nitrogens with one attached hydrogen (secondary N) is 2. The molecule has 9 nitrogen and oxygen atoms in total. The van der Waals surface area contributed by atoms with Crippen LogP contribution in [-0.2, 0) is 11.8 Å². The number of aromatic nitrogens is 3. The maximum absolute atomic E-state index is 12.6. The van der Waals surface area contributed by atoms with Crippen molar-refractivity contribution in [2.24, 2.45) is 7.05 Å². The van der Waals surface area contributed by atoms with E-state index in [4.69, 9.17) is 4.74 Å². The van der Waals surface area contributed by atoms with Crippen molar-refractivity contribution in [2.45, 2.75) is 20.8 Å². The Balaban J connectivity index is 1.78. The smallest absolute Gasteiger partial charge is 0.343 e. The highest BCUT2D eigenvalue weighted by Gasteiger charge is 2.19. The number of anilines is 3. The number of hydrogen-bond donors (Lipinski definition) is 3. The van der Waals surface area contributed by atoms with Crippen molar-refractivity contribution in [3.05, 3.63) is 46.1 Å². The van der Waals surface area contributed by atoms with Crippen LogP contribution in [0.5, 0.6) is 5.75 Å². The first-order valence-corrected chi connectivity index (χ1v) is 9.66. The highest BCUT2D eigenvalue weighted by atomic mass is 32.1. The van der Waals surface area contributed by atoms with Crippen LogP contribution in [0.3, 0.4) is 0 Å². The fourth-order valence-electron chi connectivity index (χ4n) is 2.68. The third kappa shape index (κ3) is 4.37. The number of aryl methyl sites for hydroxylation is 2. The summed E-state index contributed by atoms with van der Waals surface area (Å²) in [6.07, 6.45) is 2.98. The summed E-state index contributed by atoms with van der Waals surface area (Å²) >= 11 is 1.12. The Morgan fingerprint density at radius 2 is 2.07 bits per heavy atom. The quantitative estimate of drug-likeness (QED) is 0.528. The minimum absolute atomic E-state index is 0.110. The van der Waals surface area contributed by atoms with Crippen molar-refractivity contribution in [1.82, 2.24) is 14.8 Å². The number of esters is 1. The molecular weight excluding hydrogens is 394 g/mol. The molecule has 0 radical (unpaired) electrons. The lowest BCUT2D eigenvalue weighted by Crippen LogP contribution is -2.12. The van der Waals surface area contributed by atoms with Crippen molar-refractivity contribution in [3.8, 4) is 5.75 Å². The second-order valence-corrected chi connectivity index (χ2v) is 7.33. The summed E-state index contributed by atoms with van der Waals surface area (Å²) < 4.78 is 6.52. The molecular formula is C19H21N5O4S. The highest BCUT2D eigenvalue weighted by molar-refractivity contribution is 7.17. The highest BCUT2D eigenvalue weighted by Crippen LogP contribution is 2.30. The predicted octanol–water partition coefficient (Wildman–Crippen LogP) is 3.37. The minimum atomic E-state index is -0.493. The fourth-order valence-corrected chi connectivity index (χ4v) is 3.39. The van der Waals surface area contributed by atoms with Crippen LogP contribution >= 0.6 is 11.3 Å². The average molecular weight is 415 g/mol. The van der Waals surface area contributed by atoms with E-state index in [2.05, 4.69) is 20.7 Å². The average Bonchev–Trinajstić information content (AvgIpc) is 3.29. The van der Waals surface area contributed by atoms with Gasteiger partial charge in [-0.2, -0.15) is 5.10 Å². The maximum atomic E-state index is 12.6. The number of ether oxygens (including phenoxy) is 1. The van der Waals surface area contributed by atoms with Crippen LogP contribution in [0.1, 0.15) is 38.1 Å². The molecule has 3 rings (SSSR count). The van der Waals surface area contributed by atoms with Crippen LogP contribution in [0.4, 0.5) is 16.6 Å². The number of aromatic hydroxyl groups is 1. The van der Waals surface area contributed by atoms with E-state index in [1.165, 1.54) is 10.9 Å². The van der Waals surface area contributed by atoms with Gasteiger partial charge in [-0.05, 0) is 32.4 Å². The largest absolute Gasteiger partial charge is 0.508 e. The number of phenols is 1. The summed E-state index contributed by atoms with van der Waals surface area (Å²) in [6.45, 7) is 5.56. The molecule has 0 atom stereocenters. The van der Waals surface area contributed by atoms with Gasteiger partial charge < -0.3 is 20.5 Å². The molecule has 152 valence electrons. The molecule has 2 heterocycles. The van der Waals surface area contributed by atoms with E-state index in [0.717, 1.165) is 16.9 Å². The Morgan fingerprint density at radius 1 is 1.31 bits per heavy atom. The SMILES string of the molecule is CCOC(=O)c1cn(C)nc1Nc1ncc(C(=O)Nc2c(C)ccc(O)c2C)s1. The molecule has 0 saturated heterocycles. The van der Waals surface area contributed by atoms with Gasteiger partial charge in [0, 0.05) is 18.8 Å². The van der Waals surface area contributed by atoms with Gasteiger partial charge in [0.15, 0.2) is 10.9 Å². The third-order valence-corrected chi connectivity index (χ3v) is 5.07. The van der Waals surface area contributed by atoms with Crippen molar-refractivity contribution >= 4 is 39.9 Å². The second-order valence-electron chi connectivity index (χ2n) is 6.30. The summed E-state index contributed by atoms with van der Waals surface area (Å²) in [5.74, 6) is -0.433. The van der Waals surface area contributed by atoms with Gasteiger partial charge in [-0.1, -0.05) is 17.4 Å². The summed E-state index contributed by atoms with van der Waals surface area (Å²) in [6, 6.07) is 3.32. The normalized spacial score (nSPS) is 10.6. The predicted molar refractivity (Wildman–Crippen MR) is 110 cm³/mol. The first-order chi connectivity index (χ1) is 13.8. The van der Waals surface area contributed by atoms with Crippen molar-refractivity contribution in [1.29, 1.82) is 0 Å². The Bertz CT molecular complexity index is 1070. The molecule has 3 aromatic rings. The van der Waals surface area contributed by atoms with E-state index >= 15 is 0 Å². The first kappa shape index (κ1) is 20.3. The van der Waals surface area contributed by atoms with E-state index in [9.17, 15) is 14.7 Å². The zero-order valence-corrected chi connectivity index (χ0v) is 17.3. The van der Waals surface area contributed by atoms with Crippen LogP contribution in [0.15, 0.2) is 24.5 Å². The monoisotopic (exact) mass is 415 g/mol. The Labute approximate surface area is 171 Å². The molecule has 1 amide bonds. The van der Waals surface area contributed by atoms with E-state index in [1.54, 1.807) is 39.2 Å². The summed E-state index contributed by atoms with van der Waals surface area (Å²) in [5.41, 5.74) is 2.27. The van der Waals surface area contributed by atoms with Crippen LogP contribution in [-0.4, -0.2) is 38.4 Å². The molecule has 0 aliphatic carbocycles. The molecule has 2 aromatic heterocycles. The lowest BCUT2D eigenvalue weighted by atomic mass is 10.1. The molecule has 29 heavy (non-hydrogen) atoms. The Morgan fingerprint density at radius 3 is 2.79 bits per heavy atom. The Hall–Kier alpha value is -3.40. The zero-order valence-electron chi connectivity index (χ0n) is 16.4. The number of thiazole rings is 1. The van der Waals surface area contributed by atoms with Gasteiger partial charge in [0.2, 0.25) is 0 Å². The number of carbonyl (C=O) groups excluding carboxylic acids is 2. The molecule has 0 aliphatic heterocycles. The van der Waals surface area contributed by atoms with Gasteiger partial charge >= 0.3 is 5.97 Å². The lowest BCUT2D eigenvalue weighted by molar-refractivity contribution is 0.0527. The fraction of sp³-hybridized carbons (Fsp3) is 0.263. The van der Waals surface area contributed by atoms with Crippen molar-refractivity contribution in [3.63, 3.8) is 0 Å². The van der Waals surface area contributed by atoms with E-state index in [-0.39, 0.29) is 23.8 Å². The van der Waals surface area contributed by atoms with Gasteiger partial charge in [0.25, 0.3) is 5.91 Å². The van der Waals surface area contributed by atoms with Crippen molar-refractivity contribution < 1.29 is 19.4 Å². The van der Waals surface area contributed by atoms with Crippen LogP contribution < -0.4 is 10.6 Å². The number of benzene rings is 1. The molecule has 1 aromatic carbocycles. The minimum Gasteiger partial charge on any atom is -0.508 e. The maximum Gasteiger partial charge on any atom is 0.343 e. The van der Waals surface area contributed by atoms with Gasteiger partial charge in [-0.15, -0.1) is 0 Å². The molecule has 0 unspecified atom stereocenters. The van der Waals surface area contributed by atoms with E-state index < -0.39 is 5.97 Å². The number of phenolic OH excluding ortho intramolecular Hbond substituents is 1. The third-order valence-electron chi connectivity index (χ3n) is 4.16. The second kappa shape index (κ2) is 8.31. The molecule has 0 fully saturated rings. The molecule has 0 saturated carbocycles. The molecule has 3 N–H and O–H groups in total. The van der Waals surface area contributed by atoms with Gasteiger partial charge in [0.05, 0.1) is 18.5 Å². The number of hydrogen-bond acceptors (Lipinski definition) is 8. The van der Waals surface area contributed by atoms with E-state index in [0.29, 0.717) is 27.1 Å². The van der Waals surface area contributed by atoms with Gasteiger partial charge in [-0.3, -0.25) is 9.48 Å². The lowest BCUT2D eigenvalue weighted by Gasteiger charge is -2.11. The van der Waals surface area contributed by atoms with Crippen molar-refractivity contribution in [2.75, 3.05) is 17.2 Å². The molecule has 0 spiro atoms. The summed E-state index contributed by atoms with van der Waals surface area (Å²) in [5, 5.41) is 20.3. The molecule has 0 aliphatic rings. The number of rotatable bonds is 6. The van der Waals surface area contributed by atoms with Crippen LogP contribution in [0.25, 0.3) is 0 Å². The number of carbonyl (C=O) groups is 2. The molecule has 0 bridgehead atoms. The summed E-state index contributed by atoms with van der Waals surface area (Å²) in [4.78, 5) is 29.2. The number of nitrogens with zero attached hydrogens (tertiary/aromatic N) is 3. The van der Waals surface area contributed by atoms with E-state index in [1.807, 2.05) is 6.92 Å². The van der Waals surface area contributed by atoms with Gasteiger partial charge in [-0.25, -0.2) is 9.78 Å². The number of amides is 1.